The van der Waals surface area contributed by atoms with Crippen molar-refractivity contribution in [1.29, 1.82) is 0 Å². The van der Waals surface area contributed by atoms with Gasteiger partial charge in [0.05, 0.1) is 6.42 Å². The van der Waals surface area contributed by atoms with Crippen LogP contribution in [0.15, 0.2) is 30.3 Å². The number of aliphatic hydroxyl groups excluding tert-OH is 1. The van der Waals surface area contributed by atoms with Crippen LogP contribution < -0.4 is 0 Å². The number of carboxylic acid groups (broad SMARTS) is 1. The zero-order valence-corrected chi connectivity index (χ0v) is 8.31. The minimum absolute atomic E-state index is 0.112. The van der Waals surface area contributed by atoms with Gasteiger partial charge >= 0.3 is 5.97 Å². The molecule has 0 bridgehead atoms. The average Bonchev–Trinajstić information content (AvgIpc) is 2.19. The van der Waals surface area contributed by atoms with E-state index < -0.39 is 5.97 Å². The quantitative estimate of drug-likeness (QED) is 0.773. The van der Waals surface area contributed by atoms with E-state index in [1.54, 1.807) is 12.1 Å². The third-order valence-corrected chi connectivity index (χ3v) is 1.42. The van der Waals surface area contributed by atoms with Crippen molar-refractivity contribution in [1.82, 2.24) is 0 Å². The first-order valence-corrected chi connectivity index (χ1v) is 4.57. The molecular formula is C11H16O3. The van der Waals surface area contributed by atoms with E-state index in [0.717, 1.165) is 12.0 Å². The Morgan fingerprint density at radius 1 is 1.29 bits per heavy atom. The number of benzene rings is 1. The molecule has 0 amide bonds. The van der Waals surface area contributed by atoms with Gasteiger partial charge in [-0.15, -0.1) is 0 Å². The lowest BCUT2D eigenvalue weighted by Crippen LogP contribution is -1.98. The van der Waals surface area contributed by atoms with E-state index in [4.69, 9.17) is 10.2 Å². The van der Waals surface area contributed by atoms with Crippen molar-refractivity contribution >= 4 is 5.97 Å². The first-order chi connectivity index (χ1) is 6.70. The Hall–Kier alpha value is -1.35. The van der Waals surface area contributed by atoms with Crippen LogP contribution in [0.1, 0.15) is 18.9 Å². The summed E-state index contributed by atoms with van der Waals surface area (Å²) in [5.41, 5.74) is 0.843. The third kappa shape index (κ3) is 7.31. The maximum Gasteiger partial charge on any atom is 0.307 e. The Balaban J connectivity index is 0.000000364. The molecule has 78 valence electrons. The lowest BCUT2D eigenvalue weighted by atomic mass is 10.2. The molecule has 0 aliphatic rings. The second-order valence-electron chi connectivity index (χ2n) is 2.78. The number of hydrogen-bond acceptors (Lipinski definition) is 2. The van der Waals surface area contributed by atoms with Crippen LogP contribution in [0, 0.1) is 0 Å². The van der Waals surface area contributed by atoms with Crippen molar-refractivity contribution in [2.24, 2.45) is 0 Å². The van der Waals surface area contributed by atoms with Gasteiger partial charge in [0.15, 0.2) is 0 Å². The number of carbonyl (C=O) groups is 1. The van der Waals surface area contributed by atoms with E-state index >= 15 is 0 Å². The second-order valence-corrected chi connectivity index (χ2v) is 2.78. The molecular weight excluding hydrogens is 180 g/mol. The summed E-state index contributed by atoms with van der Waals surface area (Å²) in [4.78, 5) is 10.2. The van der Waals surface area contributed by atoms with Crippen LogP contribution in [0.4, 0.5) is 0 Å². The maximum atomic E-state index is 10.2. The molecule has 0 radical (unpaired) electrons. The standard InChI is InChI=1S/C8H8O2.C3H8O/c9-8(10)6-7-4-2-1-3-5-7;1-2-3-4/h1-5H,6H2,(H,9,10);4H,2-3H2,1H3. The van der Waals surface area contributed by atoms with Gasteiger partial charge in [-0.25, -0.2) is 0 Å². The zero-order valence-electron chi connectivity index (χ0n) is 8.31. The fourth-order valence-corrected chi connectivity index (χ4v) is 0.770. The van der Waals surface area contributed by atoms with Crippen LogP contribution in [0.25, 0.3) is 0 Å². The van der Waals surface area contributed by atoms with Gasteiger partial charge in [-0.2, -0.15) is 0 Å². The lowest BCUT2D eigenvalue weighted by molar-refractivity contribution is -0.136. The SMILES string of the molecule is CCCO.O=C(O)Cc1ccccc1. The van der Waals surface area contributed by atoms with Gasteiger partial charge < -0.3 is 10.2 Å². The summed E-state index contributed by atoms with van der Waals surface area (Å²) in [5, 5.41) is 16.2. The Kier molecular flexibility index (Phi) is 7.46. The van der Waals surface area contributed by atoms with E-state index in [0.29, 0.717) is 6.61 Å². The normalized spacial score (nSPS) is 8.71. The highest BCUT2D eigenvalue weighted by molar-refractivity contribution is 5.70. The third-order valence-electron chi connectivity index (χ3n) is 1.42. The predicted molar refractivity (Wildman–Crippen MR) is 55.2 cm³/mol. The molecule has 0 fully saturated rings. The van der Waals surface area contributed by atoms with Crippen LogP contribution in [0.2, 0.25) is 0 Å². The Morgan fingerprint density at radius 3 is 2.14 bits per heavy atom. The molecule has 0 aliphatic heterocycles. The van der Waals surface area contributed by atoms with Crippen LogP contribution in [-0.4, -0.2) is 22.8 Å². The van der Waals surface area contributed by atoms with Gasteiger partial charge in [0.1, 0.15) is 0 Å². The monoisotopic (exact) mass is 196 g/mol. The molecule has 0 spiro atoms. The molecule has 3 heteroatoms. The van der Waals surface area contributed by atoms with E-state index in [1.807, 2.05) is 25.1 Å². The van der Waals surface area contributed by atoms with E-state index in [1.165, 1.54) is 0 Å². The topological polar surface area (TPSA) is 57.5 Å². The highest BCUT2D eigenvalue weighted by Crippen LogP contribution is 1.98. The molecule has 0 atom stereocenters. The molecule has 0 heterocycles. The number of hydrogen-bond donors (Lipinski definition) is 2. The summed E-state index contributed by atoms with van der Waals surface area (Å²) < 4.78 is 0. The van der Waals surface area contributed by atoms with E-state index in [2.05, 4.69) is 0 Å². The molecule has 0 unspecified atom stereocenters. The first-order valence-electron chi connectivity index (χ1n) is 4.57. The lowest BCUT2D eigenvalue weighted by Gasteiger charge is -1.92. The Labute approximate surface area is 84.0 Å². The number of rotatable bonds is 3. The van der Waals surface area contributed by atoms with Crippen molar-refractivity contribution in [3.8, 4) is 0 Å². The molecule has 1 aromatic rings. The largest absolute Gasteiger partial charge is 0.481 e. The van der Waals surface area contributed by atoms with Crippen LogP contribution in [-0.2, 0) is 11.2 Å². The summed E-state index contributed by atoms with van der Waals surface area (Å²) in [6, 6.07) is 9.13. The predicted octanol–water partition coefficient (Wildman–Crippen LogP) is 1.70. The van der Waals surface area contributed by atoms with Gasteiger partial charge in [-0.1, -0.05) is 37.3 Å². The summed E-state index contributed by atoms with van der Waals surface area (Å²) in [7, 11) is 0. The highest BCUT2D eigenvalue weighted by atomic mass is 16.4. The van der Waals surface area contributed by atoms with Crippen LogP contribution >= 0.6 is 0 Å². The summed E-state index contributed by atoms with van der Waals surface area (Å²) >= 11 is 0. The van der Waals surface area contributed by atoms with E-state index in [9.17, 15) is 4.79 Å². The molecule has 2 N–H and O–H groups in total. The summed E-state index contributed by atoms with van der Waals surface area (Å²) in [6.45, 7) is 2.25. The molecule has 0 aliphatic carbocycles. The van der Waals surface area contributed by atoms with E-state index in [-0.39, 0.29) is 6.42 Å². The van der Waals surface area contributed by atoms with Crippen molar-refractivity contribution in [3.05, 3.63) is 35.9 Å². The van der Waals surface area contributed by atoms with Gasteiger partial charge in [0.2, 0.25) is 0 Å². The van der Waals surface area contributed by atoms with Crippen molar-refractivity contribution in [2.45, 2.75) is 19.8 Å². The zero-order chi connectivity index (χ0) is 10.8. The van der Waals surface area contributed by atoms with Crippen molar-refractivity contribution < 1.29 is 15.0 Å². The molecule has 0 saturated heterocycles. The smallest absolute Gasteiger partial charge is 0.307 e. The van der Waals surface area contributed by atoms with Crippen molar-refractivity contribution in [2.75, 3.05) is 6.61 Å². The average molecular weight is 196 g/mol. The Bertz CT molecular complexity index is 242. The summed E-state index contributed by atoms with van der Waals surface area (Å²) in [5.74, 6) is -0.786. The van der Waals surface area contributed by atoms with Gasteiger partial charge in [-0.05, 0) is 12.0 Å². The number of carboxylic acids is 1. The Morgan fingerprint density at radius 2 is 1.79 bits per heavy atom. The minimum atomic E-state index is -0.786. The molecule has 1 aromatic carbocycles. The molecule has 1 rings (SSSR count). The summed E-state index contributed by atoms with van der Waals surface area (Å²) in [6.07, 6.45) is 0.987. The molecule has 0 saturated carbocycles. The molecule has 14 heavy (non-hydrogen) atoms. The highest BCUT2D eigenvalue weighted by Gasteiger charge is 1.96. The number of aliphatic carboxylic acids is 1. The first kappa shape index (κ1) is 12.7. The minimum Gasteiger partial charge on any atom is -0.481 e. The molecule has 0 aromatic heterocycles. The molecule has 3 nitrogen and oxygen atoms in total. The maximum absolute atomic E-state index is 10.2. The van der Waals surface area contributed by atoms with Gasteiger partial charge in [-0.3, -0.25) is 4.79 Å². The fraction of sp³-hybridized carbons (Fsp3) is 0.364. The second kappa shape index (κ2) is 8.26. The van der Waals surface area contributed by atoms with Gasteiger partial charge in [0, 0.05) is 6.61 Å². The van der Waals surface area contributed by atoms with Crippen molar-refractivity contribution in [3.63, 3.8) is 0 Å². The van der Waals surface area contributed by atoms with Crippen LogP contribution in [0.3, 0.4) is 0 Å². The van der Waals surface area contributed by atoms with Gasteiger partial charge in [0.25, 0.3) is 0 Å². The number of aliphatic hydroxyl groups is 1. The van der Waals surface area contributed by atoms with Crippen LogP contribution in [0.5, 0.6) is 0 Å². The fourth-order valence-electron chi connectivity index (χ4n) is 0.770.